The highest BCUT2D eigenvalue weighted by atomic mass is 16.1. The lowest BCUT2D eigenvalue weighted by Crippen LogP contribution is -2.24. The molecule has 0 amide bonds. The fourth-order valence-corrected chi connectivity index (χ4v) is 1.69. The number of hydrogen-bond acceptors (Lipinski definition) is 4. The van der Waals surface area contributed by atoms with Crippen LogP contribution in [0.4, 0.5) is 0 Å². The molecule has 0 aliphatic heterocycles. The van der Waals surface area contributed by atoms with E-state index >= 15 is 0 Å². The van der Waals surface area contributed by atoms with Gasteiger partial charge in [-0.2, -0.15) is 15.0 Å². The second-order valence-corrected chi connectivity index (χ2v) is 4.42. The van der Waals surface area contributed by atoms with E-state index in [4.69, 9.17) is 0 Å². The van der Waals surface area contributed by atoms with Crippen molar-refractivity contribution in [3.63, 3.8) is 0 Å². The van der Waals surface area contributed by atoms with Gasteiger partial charge in [-0.1, -0.05) is 18.2 Å². The molecular formula is C15H14N4O. The largest absolute Gasteiger partial charge is 0.383 e. The van der Waals surface area contributed by atoms with E-state index in [1.807, 2.05) is 43.3 Å². The number of nitrogens with zero attached hydrogens (tertiary/aromatic N) is 4. The van der Waals surface area contributed by atoms with Crippen LogP contribution in [0.15, 0.2) is 47.5 Å². The van der Waals surface area contributed by atoms with Crippen molar-refractivity contribution in [2.45, 2.75) is 0 Å². The van der Waals surface area contributed by atoms with Crippen LogP contribution in [0.1, 0.15) is 11.1 Å². The summed E-state index contributed by atoms with van der Waals surface area (Å²) in [6.45, 7) is 0. The summed E-state index contributed by atoms with van der Waals surface area (Å²) in [5.74, 6) is 0. The lowest BCUT2D eigenvalue weighted by atomic mass is 10.2. The molecule has 0 unspecified atom stereocenters. The van der Waals surface area contributed by atoms with Crippen molar-refractivity contribution in [2.24, 2.45) is 0 Å². The summed E-state index contributed by atoms with van der Waals surface area (Å²) < 4.78 is 1.23. The molecule has 2 aromatic rings. The number of para-hydroxylation sites is 1. The van der Waals surface area contributed by atoms with Crippen molar-refractivity contribution in [1.82, 2.24) is 14.7 Å². The molecule has 1 heterocycles. The normalized spacial score (nSPS) is 10.4. The topological polar surface area (TPSA) is 61.9 Å². The predicted octanol–water partition coefficient (Wildman–Crippen LogP) is 1.64. The standard InChI is InChI=1S/C15H14N4O/c1-18(2)9-8-12-11-17-19(15(20)14(12)10-16)13-6-4-3-5-7-13/h3-9,11H,1-2H3/b9-8+. The smallest absolute Gasteiger partial charge is 0.290 e. The lowest BCUT2D eigenvalue weighted by molar-refractivity contribution is 0.567. The maximum atomic E-state index is 12.3. The van der Waals surface area contributed by atoms with Crippen LogP contribution in [0, 0.1) is 11.3 Å². The van der Waals surface area contributed by atoms with Crippen LogP contribution >= 0.6 is 0 Å². The van der Waals surface area contributed by atoms with E-state index < -0.39 is 5.56 Å². The highest BCUT2D eigenvalue weighted by molar-refractivity contribution is 5.56. The molecule has 5 heteroatoms. The minimum Gasteiger partial charge on any atom is -0.383 e. The van der Waals surface area contributed by atoms with Gasteiger partial charge in [0.1, 0.15) is 11.6 Å². The first-order valence-corrected chi connectivity index (χ1v) is 6.06. The second kappa shape index (κ2) is 5.85. The summed E-state index contributed by atoms with van der Waals surface area (Å²) in [6.07, 6.45) is 4.99. The maximum absolute atomic E-state index is 12.3. The number of nitriles is 1. The zero-order valence-corrected chi connectivity index (χ0v) is 11.3. The Morgan fingerprint density at radius 1 is 1.30 bits per heavy atom. The number of benzene rings is 1. The van der Waals surface area contributed by atoms with Crippen molar-refractivity contribution in [1.29, 1.82) is 5.26 Å². The molecule has 5 nitrogen and oxygen atoms in total. The lowest BCUT2D eigenvalue weighted by Gasteiger charge is -2.07. The molecule has 0 aliphatic carbocycles. The van der Waals surface area contributed by atoms with Gasteiger partial charge in [0.15, 0.2) is 0 Å². The fraction of sp³-hybridized carbons (Fsp3) is 0.133. The molecule has 0 fully saturated rings. The molecule has 0 saturated heterocycles. The summed E-state index contributed by atoms with van der Waals surface area (Å²) in [5, 5.41) is 13.3. The average Bonchev–Trinajstić information content (AvgIpc) is 2.46. The zero-order chi connectivity index (χ0) is 14.5. The Labute approximate surface area is 117 Å². The fourth-order valence-electron chi connectivity index (χ4n) is 1.69. The first kappa shape index (κ1) is 13.6. The van der Waals surface area contributed by atoms with Gasteiger partial charge in [-0.25, -0.2) is 0 Å². The van der Waals surface area contributed by atoms with Gasteiger partial charge >= 0.3 is 0 Å². The highest BCUT2D eigenvalue weighted by Gasteiger charge is 2.10. The Balaban J connectivity index is 2.56. The molecule has 0 bridgehead atoms. The first-order valence-electron chi connectivity index (χ1n) is 6.06. The number of hydrogen-bond donors (Lipinski definition) is 0. The van der Waals surface area contributed by atoms with Crippen LogP contribution in [0.5, 0.6) is 0 Å². The first-order chi connectivity index (χ1) is 9.63. The zero-order valence-electron chi connectivity index (χ0n) is 11.3. The van der Waals surface area contributed by atoms with Crippen molar-refractivity contribution < 1.29 is 0 Å². The predicted molar refractivity (Wildman–Crippen MR) is 77.3 cm³/mol. The van der Waals surface area contributed by atoms with Gasteiger partial charge in [-0.15, -0.1) is 0 Å². The van der Waals surface area contributed by atoms with E-state index in [0.29, 0.717) is 11.3 Å². The Morgan fingerprint density at radius 2 is 2.00 bits per heavy atom. The van der Waals surface area contributed by atoms with Gasteiger partial charge < -0.3 is 4.90 Å². The molecule has 0 aliphatic rings. The molecule has 2 rings (SSSR count). The van der Waals surface area contributed by atoms with Gasteiger partial charge in [0.05, 0.1) is 11.9 Å². The summed E-state index contributed by atoms with van der Waals surface area (Å²) >= 11 is 0. The summed E-state index contributed by atoms with van der Waals surface area (Å²) in [7, 11) is 3.72. The van der Waals surface area contributed by atoms with Gasteiger partial charge in [0.2, 0.25) is 0 Å². The number of rotatable bonds is 3. The Kier molecular flexibility index (Phi) is 3.96. The maximum Gasteiger partial charge on any atom is 0.290 e. The van der Waals surface area contributed by atoms with E-state index in [2.05, 4.69) is 5.10 Å². The molecule has 0 N–H and O–H groups in total. The van der Waals surface area contributed by atoms with E-state index in [1.165, 1.54) is 10.9 Å². The molecule has 0 saturated carbocycles. The molecule has 1 aromatic carbocycles. The highest BCUT2D eigenvalue weighted by Crippen LogP contribution is 2.07. The van der Waals surface area contributed by atoms with Crippen LogP contribution in [0.2, 0.25) is 0 Å². The van der Waals surface area contributed by atoms with Crippen LogP contribution in [0.25, 0.3) is 11.8 Å². The molecular weight excluding hydrogens is 252 g/mol. The van der Waals surface area contributed by atoms with Gasteiger partial charge in [0, 0.05) is 19.7 Å². The molecule has 100 valence electrons. The van der Waals surface area contributed by atoms with E-state index in [9.17, 15) is 10.1 Å². The SMILES string of the molecule is CN(C)/C=C/c1cnn(-c2ccccc2)c(=O)c1C#N. The molecule has 0 atom stereocenters. The van der Waals surface area contributed by atoms with Gasteiger partial charge in [-0.05, 0) is 24.4 Å². The van der Waals surface area contributed by atoms with E-state index in [0.717, 1.165) is 0 Å². The molecule has 0 radical (unpaired) electrons. The summed E-state index contributed by atoms with van der Waals surface area (Å²) in [4.78, 5) is 14.1. The van der Waals surface area contributed by atoms with Crippen LogP contribution < -0.4 is 5.56 Å². The third kappa shape index (κ3) is 2.75. The number of aromatic nitrogens is 2. The van der Waals surface area contributed by atoms with Crippen molar-refractivity contribution in [2.75, 3.05) is 14.1 Å². The van der Waals surface area contributed by atoms with Crippen LogP contribution in [-0.2, 0) is 0 Å². The van der Waals surface area contributed by atoms with E-state index in [-0.39, 0.29) is 5.56 Å². The third-order valence-corrected chi connectivity index (χ3v) is 2.67. The van der Waals surface area contributed by atoms with Crippen LogP contribution in [-0.4, -0.2) is 28.8 Å². The second-order valence-electron chi connectivity index (χ2n) is 4.42. The third-order valence-electron chi connectivity index (χ3n) is 2.67. The monoisotopic (exact) mass is 266 g/mol. The van der Waals surface area contributed by atoms with E-state index in [1.54, 1.807) is 24.4 Å². The van der Waals surface area contributed by atoms with Gasteiger partial charge in [0.25, 0.3) is 5.56 Å². The Morgan fingerprint density at radius 3 is 2.60 bits per heavy atom. The van der Waals surface area contributed by atoms with Crippen molar-refractivity contribution in [3.05, 3.63) is 64.2 Å². The summed E-state index contributed by atoms with van der Waals surface area (Å²) in [6, 6.07) is 11.0. The molecule has 0 spiro atoms. The molecule has 20 heavy (non-hydrogen) atoms. The van der Waals surface area contributed by atoms with Crippen LogP contribution in [0.3, 0.4) is 0 Å². The Hall–Kier alpha value is -2.87. The van der Waals surface area contributed by atoms with Crippen molar-refractivity contribution >= 4 is 6.08 Å². The summed E-state index contributed by atoms with van der Waals surface area (Å²) in [5.41, 5.74) is 0.817. The van der Waals surface area contributed by atoms with Crippen molar-refractivity contribution in [3.8, 4) is 11.8 Å². The average molecular weight is 266 g/mol. The van der Waals surface area contributed by atoms with Gasteiger partial charge in [-0.3, -0.25) is 4.79 Å². The minimum atomic E-state index is -0.417. The molecule has 1 aromatic heterocycles. The Bertz CT molecular complexity index is 724. The minimum absolute atomic E-state index is 0.0851. The quantitative estimate of drug-likeness (QED) is 0.847.